The molecular weight excluding hydrogens is 231 g/mol. The molecule has 2 heterocycles. The topological polar surface area (TPSA) is 64.5 Å². The van der Waals surface area contributed by atoms with Crippen molar-refractivity contribution < 1.29 is 14.6 Å². The van der Waals surface area contributed by atoms with Gasteiger partial charge in [-0.05, 0) is 18.2 Å². The second kappa shape index (κ2) is 3.02. The van der Waals surface area contributed by atoms with Crippen molar-refractivity contribution >= 4 is 32.1 Å². The fourth-order valence-corrected chi connectivity index (χ4v) is 2.71. The lowest BCUT2D eigenvalue weighted by atomic mass is 10.2. The first-order chi connectivity index (χ1) is 7.65. The van der Waals surface area contributed by atoms with E-state index >= 15 is 0 Å². The van der Waals surface area contributed by atoms with E-state index in [-0.39, 0.29) is 17.6 Å². The van der Waals surface area contributed by atoms with Gasteiger partial charge in [0, 0.05) is 10.1 Å². The van der Waals surface area contributed by atoms with Gasteiger partial charge in [0.05, 0.1) is 5.69 Å². The first-order valence-corrected chi connectivity index (χ1v) is 5.35. The van der Waals surface area contributed by atoms with Gasteiger partial charge in [-0.3, -0.25) is 0 Å². The molecule has 6 heteroatoms. The van der Waals surface area contributed by atoms with Crippen LogP contribution < -0.4 is 10.6 Å². The predicted octanol–water partition coefficient (Wildman–Crippen LogP) is 3.12. The number of rotatable bonds is 0. The van der Waals surface area contributed by atoms with Crippen molar-refractivity contribution in [2.45, 2.75) is 0 Å². The molecule has 4 N–H and O–H groups in total. The first-order valence-electron chi connectivity index (χ1n) is 4.53. The summed E-state index contributed by atoms with van der Waals surface area (Å²) in [5.41, 5.74) is 0.648. The molecule has 0 fully saturated rings. The van der Waals surface area contributed by atoms with Crippen LogP contribution in [0.1, 0.15) is 0 Å². The maximum Gasteiger partial charge on any atom is 0.251 e. The van der Waals surface area contributed by atoms with Crippen molar-refractivity contribution in [1.82, 2.24) is 0 Å². The molecule has 2 aromatic rings. The molecule has 3 rings (SSSR count). The van der Waals surface area contributed by atoms with Crippen molar-refractivity contribution in [2.75, 3.05) is 10.6 Å². The first kappa shape index (κ1) is 9.29. The van der Waals surface area contributed by atoms with Crippen LogP contribution in [0.25, 0.3) is 10.1 Å². The summed E-state index contributed by atoms with van der Waals surface area (Å²) in [6, 6.07) is 4.40. The number of aliphatic hydroxyl groups excluding tert-OH is 2. The number of nitrogens with one attached hydrogen (secondary N) is 2. The van der Waals surface area contributed by atoms with Crippen molar-refractivity contribution in [3.05, 3.63) is 35.8 Å². The quantitative estimate of drug-likeness (QED) is 0.569. The average molecular weight is 238 g/mol. The summed E-state index contributed by atoms with van der Waals surface area (Å²) in [5.74, 6) is -0.983. The Bertz CT molecular complexity index is 621. The third-order valence-electron chi connectivity index (χ3n) is 2.35. The summed E-state index contributed by atoms with van der Waals surface area (Å²) in [4.78, 5) is 0. The molecule has 0 atom stereocenters. The molecule has 0 aliphatic carbocycles. The Kier molecular flexibility index (Phi) is 1.75. The standard InChI is InChI=1S/C10H7FN2O2S/c11-4-1-2-5-6(3-4)16-10-7(5)12-8(14)9(15)13-10/h1-3,12-15H. The molecule has 0 bridgehead atoms. The highest BCUT2D eigenvalue weighted by molar-refractivity contribution is 7.23. The van der Waals surface area contributed by atoms with Gasteiger partial charge in [0.25, 0.3) is 11.8 Å². The van der Waals surface area contributed by atoms with Crippen LogP contribution in [-0.4, -0.2) is 10.2 Å². The van der Waals surface area contributed by atoms with E-state index in [9.17, 15) is 14.6 Å². The summed E-state index contributed by atoms with van der Waals surface area (Å²) >= 11 is 1.30. The SMILES string of the molecule is OC1=C(O)Nc2c(sc3cc(F)ccc23)N1. The average Bonchev–Trinajstić information content (AvgIpc) is 2.55. The van der Waals surface area contributed by atoms with Gasteiger partial charge in [-0.2, -0.15) is 0 Å². The Morgan fingerprint density at radius 1 is 1.12 bits per heavy atom. The van der Waals surface area contributed by atoms with Gasteiger partial charge in [-0.1, -0.05) is 0 Å². The Hall–Kier alpha value is -1.95. The van der Waals surface area contributed by atoms with E-state index in [2.05, 4.69) is 10.6 Å². The number of fused-ring (bicyclic) bond motifs is 3. The van der Waals surface area contributed by atoms with Crippen LogP contribution in [-0.2, 0) is 0 Å². The minimum absolute atomic E-state index is 0.312. The van der Waals surface area contributed by atoms with E-state index in [1.54, 1.807) is 6.07 Å². The molecule has 16 heavy (non-hydrogen) atoms. The Balaban J connectivity index is 2.24. The van der Waals surface area contributed by atoms with E-state index in [1.807, 2.05) is 0 Å². The normalized spacial score (nSPS) is 14.6. The zero-order valence-electron chi connectivity index (χ0n) is 7.91. The molecule has 0 unspecified atom stereocenters. The van der Waals surface area contributed by atoms with Gasteiger partial charge < -0.3 is 20.8 Å². The molecule has 0 spiro atoms. The number of thiophene rings is 1. The fourth-order valence-electron chi connectivity index (χ4n) is 1.63. The number of benzene rings is 1. The van der Waals surface area contributed by atoms with Gasteiger partial charge >= 0.3 is 0 Å². The number of anilines is 2. The largest absolute Gasteiger partial charge is 0.491 e. The molecule has 82 valence electrons. The van der Waals surface area contributed by atoms with Crippen molar-refractivity contribution in [3.63, 3.8) is 0 Å². The van der Waals surface area contributed by atoms with Gasteiger partial charge in [0.2, 0.25) is 0 Å². The second-order valence-corrected chi connectivity index (χ2v) is 4.45. The van der Waals surface area contributed by atoms with Crippen molar-refractivity contribution in [1.29, 1.82) is 0 Å². The lowest BCUT2D eigenvalue weighted by molar-refractivity contribution is 0.333. The number of hydrogen-bond acceptors (Lipinski definition) is 5. The third kappa shape index (κ3) is 1.20. The second-order valence-electron chi connectivity index (χ2n) is 3.39. The van der Waals surface area contributed by atoms with Crippen LogP contribution in [0.15, 0.2) is 30.0 Å². The summed E-state index contributed by atoms with van der Waals surface area (Å²) in [6.45, 7) is 0. The van der Waals surface area contributed by atoms with E-state index in [4.69, 9.17) is 0 Å². The van der Waals surface area contributed by atoms with Crippen molar-refractivity contribution in [2.24, 2.45) is 0 Å². The zero-order chi connectivity index (χ0) is 11.3. The highest BCUT2D eigenvalue weighted by Gasteiger charge is 2.21. The lowest BCUT2D eigenvalue weighted by Gasteiger charge is -2.15. The fraction of sp³-hybridized carbons (Fsp3) is 0. The van der Waals surface area contributed by atoms with E-state index in [0.29, 0.717) is 10.7 Å². The monoisotopic (exact) mass is 238 g/mol. The van der Waals surface area contributed by atoms with Crippen LogP contribution in [0.4, 0.5) is 15.1 Å². The maximum absolute atomic E-state index is 13.0. The summed E-state index contributed by atoms with van der Waals surface area (Å²) in [6.07, 6.45) is 0. The molecule has 1 aromatic heterocycles. The van der Waals surface area contributed by atoms with Gasteiger partial charge in [0.15, 0.2) is 0 Å². The third-order valence-corrected chi connectivity index (χ3v) is 3.42. The van der Waals surface area contributed by atoms with Crippen LogP contribution >= 0.6 is 11.3 Å². The highest BCUT2D eigenvalue weighted by Crippen LogP contribution is 2.43. The number of hydrogen-bond donors (Lipinski definition) is 4. The molecule has 0 radical (unpaired) electrons. The van der Waals surface area contributed by atoms with Crippen LogP contribution in [0.2, 0.25) is 0 Å². The number of aliphatic hydroxyl groups is 2. The van der Waals surface area contributed by atoms with Gasteiger partial charge in [0.1, 0.15) is 10.8 Å². The van der Waals surface area contributed by atoms with Crippen LogP contribution in [0.5, 0.6) is 0 Å². The minimum Gasteiger partial charge on any atom is -0.491 e. The molecule has 0 saturated carbocycles. The molecule has 1 aromatic carbocycles. The number of halogens is 1. The molecule has 1 aliphatic heterocycles. The molecule has 4 nitrogen and oxygen atoms in total. The minimum atomic E-state index is -0.337. The molecule has 0 saturated heterocycles. The molecule has 1 aliphatic rings. The van der Waals surface area contributed by atoms with Crippen LogP contribution in [0.3, 0.4) is 0 Å². The summed E-state index contributed by atoms with van der Waals surface area (Å²) in [5, 5.41) is 25.4. The van der Waals surface area contributed by atoms with Gasteiger partial charge in [-0.15, -0.1) is 11.3 Å². The van der Waals surface area contributed by atoms with Crippen LogP contribution in [0, 0.1) is 5.82 Å². The Morgan fingerprint density at radius 2 is 1.88 bits per heavy atom. The Morgan fingerprint density at radius 3 is 2.69 bits per heavy atom. The van der Waals surface area contributed by atoms with E-state index in [1.165, 1.54) is 23.5 Å². The predicted molar refractivity (Wildman–Crippen MR) is 61.3 cm³/mol. The maximum atomic E-state index is 13.0. The summed E-state index contributed by atoms with van der Waals surface area (Å²) < 4.78 is 13.8. The Labute approximate surface area is 93.6 Å². The van der Waals surface area contributed by atoms with E-state index in [0.717, 1.165) is 10.1 Å². The smallest absolute Gasteiger partial charge is 0.251 e. The van der Waals surface area contributed by atoms with E-state index < -0.39 is 0 Å². The lowest BCUT2D eigenvalue weighted by Crippen LogP contribution is -2.14. The highest BCUT2D eigenvalue weighted by atomic mass is 32.1. The van der Waals surface area contributed by atoms with Gasteiger partial charge in [-0.25, -0.2) is 4.39 Å². The zero-order valence-corrected chi connectivity index (χ0v) is 8.73. The molecular formula is C10H7FN2O2S. The van der Waals surface area contributed by atoms with Crippen molar-refractivity contribution in [3.8, 4) is 0 Å². The molecule has 0 amide bonds. The summed E-state index contributed by atoms with van der Waals surface area (Å²) in [7, 11) is 0.